The molecule has 0 fully saturated rings. The quantitative estimate of drug-likeness (QED) is 0.747. The van der Waals surface area contributed by atoms with Gasteiger partial charge in [-0.2, -0.15) is 0 Å². The molecule has 1 heterocycles. The monoisotopic (exact) mass is 240 g/mol. The maximum atomic E-state index is 5.71. The summed E-state index contributed by atoms with van der Waals surface area (Å²) in [4.78, 5) is 2.43. The standard InChI is InChI=1S/C14H28N2O/c1-5-17-13(10-15)11-16-8-6-12(7-9-16)14(2,3)4/h6,13H,5,7-11,15H2,1-4H3. The van der Waals surface area contributed by atoms with Gasteiger partial charge in [-0.05, 0) is 18.8 Å². The van der Waals surface area contributed by atoms with Gasteiger partial charge in [0, 0.05) is 32.8 Å². The molecule has 0 saturated heterocycles. The molecule has 0 spiro atoms. The third kappa shape index (κ3) is 4.78. The summed E-state index contributed by atoms with van der Waals surface area (Å²) in [6, 6.07) is 0. The van der Waals surface area contributed by atoms with Crippen molar-refractivity contribution in [1.82, 2.24) is 4.90 Å². The highest BCUT2D eigenvalue weighted by Crippen LogP contribution is 2.29. The van der Waals surface area contributed by atoms with Crippen molar-refractivity contribution in [2.45, 2.75) is 40.2 Å². The highest BCUT2D eigenvalue weighted by atomic mass is 16.5. The van der Waals surface area contributed by atoms with Crippen LogP contribution in [-0.2, 0) is 4.74 Å². The van der Waals surface area contributed by atoms with Gasteiger partial charge in [-0.15, -0.1) is 0 Å². The second kappa shape index (κ2) is 6.53. The molecule has 0 aromatic carbocycles. The lowest BCUT2D eigenvalue weighted by Gasteiger charge is -2.33. The highest BCUT2D eigenvalue weighted by molar-refractivity contribution is 5.14. The SMILES string of the molecule is CCOC(CN)CN1CC=C(C(C)(C)C)CC1. The van der Waals surface area contributed by atoms with Gasteiger partial charge in [0.15, 0.2) is 0 Å². The fraction of sp³-hybridized carbons (Fsp3) is 0.857. The number of hydrogen-bond acceptors (Lipinski definition) is 3. The lowest BCUT2D eigenvalue weighted by atomic mass is 9.83. The summed E-state index contributed by atoms with van der Waals surface area (Å²) < 4.78 is 5.60. The first-order valence-corrected chi connectivity index (χ1v) is 6.71. The molecule has 0 saturated carbocycles. The van der Waals surface area contributed by atoms with E-state index >= 15 is 0 Å². The van der Waals surface area contributed by atoms with Crippen LogP contribution in [0.15, 0.2) is 11.6 Å². The first-order valence-electron chi connectivity index (χ1n) is 6.71. The molecular formula is C14H28N2O. The van der Waals surface area contributed by atoms with Gasteiger partial charge in [0.05, 0.1) is 6.10 Å². The molecule has 1 aliphatic heterocycles. The van der Waals surface area contributed by atoms with Crippen molar-refractivity contribution < 1.29 is 4.74 Å². The Morgan fingerprint density at radius 3 is 2.59 bits per heavy atom. The molecule has 3 nitrogen and oxygen atoms in total. The Balaban J connectivity index is 2.43. The maximum absolute atomic E-state index is 5.71. The van der Waals surface area contributed by atoms with Gasteiger partial charge in [0.2, 0.25) is 0 Å². The van der Waals surface area contributed by atoms with Gasteiger partial charge in [0.25, 0.3) is 0 Å². The van der Waals surface area contributed by atoms with Gasteiger partial charge < -0.3 is 10.5 Å². The van der Waals surface area contributed by atoms with Crippen LogP contribution >= 0.6 is 0 Å². The molecule has 100 valence electrons. The molecule has 0 aromatic rings. The molecule has 0 radical (unpaired) electrons. The van der Waals surface area contributed by atoms with Gasteiger partial charge in [-0.1, -0.05) is 32.4 Å². The summed E-state index contributed by atoms with van der Waals surface area (Å²) in [5, 5.41) is 0. The van der Waals surface area contributed by atoms with Crippen LogP contribution in [0, 0.1) is 5.41 Å². The Kier molecular flexibility index (Phi) is 5.63. The van der Waals surface area contributed by atoms with E-state index in [1.165, 1.54) is 6.42 Å². The lowest BCUT2D eigenvalue weighted by molar-refractivity contribution is 0.0407. The molecular weight excluding hydrogens is 212 g/mol. The van der Waals surface area contributed by atoms with Crippen LogP contribution in [0.4, 0.5) is 0 Å². The van der Waals surface area contributed by atoms with E-state index in [-0.39, 0.29) is 6.10 Å². The predicted molar refractivity (Wildman–Crippen MR) is 73.1 cm³/mol. The van der Waals surface area contributed by atoms with Gasteiger partial charge >= 0.3 is 0 Å². The van der Waals surface area contributed by atoms with Crippen molar-refractivity contribution in [3.63, 3.8) is 0 Å². The van der Waals surface area contributed by atoms with Gasteiger partial charge in [0.1, 0.15) is 0 Å². The van der Waals surface area contributed by atoms with Crippen molar-refractivity contribution >= 4 is 0 Å². The van der Waals surface area contributed by atoms with E-state index < -0.39 is 0 Å². The molecule has 0 aliphatic carbocycles. The Labute approximate surface area is 106 Å². The lowest BCUT2D eigenvalue weighted by Crippen LogP contribution is -2.41. The van der Waals surface area contributed by atoms with Crippen LogP contribution in [0.3, 0.4) is 0 Å². The Morgan fingerprint density at radius 1 is 1.47 bits per heavy atom. The molecule has 1 aliphatic rings. The minimum absolute atomic E-state index is 0.185. The van der Waals surface area contributed by atoms with E-state index in [0.717, 1.165) is 26.2 Å². The molecule has 1 unspecified atom stereocenters. The van der Waals surface area contributed by atoms with E-state index in [1.807, 2.05) is 6.92 Å². The van der Waals surface area contributed by atoms with Crippen LogP contribution in [0.2, 0.25) is 0 Å². The second-order valence-electron chi connectivity index (χ2n) is 5.80. The number of hydrogen-bond donors (Lipinski definition) is 1. The summed E-state index contributed by atoms with van der Waals surface area (Å²) in [6.07, 6.45) is 3.74. The van der Waals surface area contributed by atoms with Gasteiger partial charge in [-0.25, -0.2) is 0 Å². The molecule has 0 aromatic heterocycles. The average Bonchev–Trinajstić information content (AvgIpc) is 2.28. The zero-order valence-corrected chi connectivity index (χ0v) is 11.8. The summed E-state index contributed by atoms with van der Waals surface area (Å²) in [5.41, 5.74) is 7.60. The zero-order valence-electron chi connectivity index (χ0n) is 11.8. The Bertz CT molecular complexity index is 255. The largest absolute Gasteiger partial charge is 0.376 e. The number of ether oxygens (including phenoxy) is 1. The summed E-state index contributed by atoms with van der Waals surface area (Å²) >= 11 is 0. The third-order valence-electron chi connectivity index (χ3n) is 3.38. The summed E-state index contributed by atoms with van der Waals surface area (Å²) in [5.74, 6) is 0. The Hall–Kier alpha value is -0.380. The fourth-order valence-corrected chi connectivity index (χ4v) is 2.28. The van der Waals surface area contributed by atoms with Crippen molar-refractivity contribution in [3.05, 3.63) is 11.6 Å². The molecule has 2 N–H and O–H groups in total. The van der Waals surface area contributed by atoms with Crippen molar-refractivity contribution in [2.24, 2.45) is 11.1 Å². The van der Waals surface area contributed by atoms with E-state index in [2.05, 4.69) is 31.7 Å². The summed E-state index contributed by atoms with van der Waals surface area (Å²) in [7, 11) is 0. The van der Waals surface area contributed by atoms with Gasteiger partial charge in [-0.3, -0.25) is 4.90 Å². The van der Waals surface area contributed by atoms with E-state index in [1.54, 1.807) is 5.57 Å². The first kappa shape index (κ1) is 14.7. The second-order valence-corrected chi connectivity index (χ2v) is 5.80. The number of nitrogens with zero attached hydrogens (tertiary/aromatic N) is 1. The zero-order chi connectivity index (χ0) is 12.9. The summed E-state index contributed by atoms with van der Waals surface area (Å²) in [6.45, 7) is 13.4. The maximum Gasteiger partial charge on any atom is 0.0823 e. The molecule has 0 amide bonds. The fourth-order valence-electron chi connectivity index (χ4n) is 2.28. The number of nitrogens with two attached hydrogens (primary N) is 1. The average molecular weight is 240 g/mol. The van der Waals surface area contributed by atoms with E-state index in [4.69, 9.17) is 10.5 Å². The normalized spacial score (nSPS) is 20.2. The van der Waals surface area contributed by atoms with Crippen molar-refractivity contribution in [2.75, 3.05) is 32.8 Å². The molecule has 17 heavy (non-hydrogen) atoms. The van der Waals surface area contributed by atoms with Crippen LogP contribution in [0.25, 0.3) is 0 Å². The van der Waals surface area contributed by atoms with Crippen molar-refractivity contribution in [1.29, 1.82) is 0 Å². The Morgan fingerprint density at radius 2 is 2.18 bits per heavy atom. The minimum atomic E-state index is 0.185. The molecule has 3 heteroatoms. The van der Waals surface area contributed by atoms with Crippen LogP contribution in [-0.4, -0.2) is 43.8 Å². The smallest absolute Gasteiger partial charge is 0.0823 e. The topological polar surface area (TPSA) is 38.5 Å². The van der Waals surface area contributed by atoms with E-state index in [0.29, 0.717) is 12.0 Å². The van der Waals surface area contributed by atoms with Crippen LogP contribution in [0.1, 0.15) is 34.1 Å². The minimum Gasteiger partial charge on any atom is -0.376 e. The highest BCUT2D eigenvalue weighted by Gasteiger charge is 2.22. The molecule has 0 bridgehead atoms. The first-order chi connectivity index (χ1) is 7.97. The van der Waals surface area contributed by atoms with Crippen LogP contribution < -0.4 is 5.73 Å². The van der Waals surface area contributed by atoms with E-state index in [9.17, 15) is 0 Å². The molecule has 1 atom stereocenters. The third-order valence-corrected chi connectivity index (χ3v) is 3.38. The predicted octanol–water partition coefficient (Wildman–Crippen LogP) is 2.03. The van der Waals surface area contributed by atoms with Crippen LogP contribution in [0.5, 0.6) is 0 Å². The van der Waals surface area contributed by atoms with Crippen molar-refractivity contribution in [3.8, 4) is 0 Å². The number of rotatable bonds is 5. The molecule has 1 rings (SSSR count).